The molecule has 18 heavy (non-hydrogen) atoms. The predicted octanol–water partition coefficient (Wildman–Crippen LogP) is 1.84. The number of nitrogens with zero attached hydrogens (tertiary/aromatic N) is 2. The van der Waals surface area contributed by atoms with Gasteiger partial charge < -0.3 is 14.4 Å². The van der Waals surface area contributed by atoms with Gasteiger partial charge in [0, 0.05) is 13.2 Å². The molecule has 2 aromatic rings. The fraction of sp³-hybridized carbons (Fsp3) is 0.167. The maximum absolute atomic E-state index is 12.7. The molecule has 2 rings (SSSR count). The molecule has 0 aliphatic carbocycles. The van der Waals surface area contributed by atoms with Crippen molar-refractivity contribution in [3.05, 3.63) is 47.8 Å². The van der Waals surface area contributed by atoms with Gasteiger partial charge in [-0.15, -0.1) is 0 Å². The van der Waals surface area contributed by atoms with E-state index in [4.69, 9.17) is 9.84 Å². The van der Waals surface area contributed by atoms with Gasteiger partial charge in [-0.25, -0.2) is 14.2 Å². The number of aromatic nitrogens is 2. The largest absolute Gasteiger partial charge is 0.486 e. The lowest BCUT2D eigenvalue weighted by molar-refractivity contribution is 0.0690. The molecule has 5 nitrogen and oxygen atoms in total. The molecule has 1 aromatic carbocycles. The minimum absolute atomic E-state index is 0.0322. The highest BCUT2D eigenvalue weighted by molar-refractivity contribution is 5.85. The average Bonchev–Trinajstić information content (AvgIpc) is 2.70. The summed E-state index contributed by atoms with van der Waals surface area (Å²) in [4.78, 5) is 14.6. The molecule has 0 bridgehead atoms. The smallest absolute Gasteiger partial charge is 0.356 e. The second-order valence-corrected chi connectivity index (χ2v) is 3.70. The molecule has 0 aliphatic rings. The number of carbonyl (C=O) groups is 1. The van der Waals surface area contributed by atoms with Crippen molar-refractivity contribution >= 4 is 5.97 Å². The van der Waals surface area contributed by atoms with Gasteiger partial charge in [0.25, 0.3) is 0 Å². The normalized spacial score (nSPS) is 10.3. The lowest BCUT2D eigenvalue weighted by Crippen LogP contribution is -2.03. The summed E-state index contributed by atoms with van der Waals surface area (Å²) in [5, 5.41) is 8.78. The minimum atomic E-state index is -1.08. The lowest BCUT2D eigenvalue weighted by atomic mass is 10.3. The van der Waals surface area contributed by atoms with Crippen molar-refractivity contribution in [2.24, 2.45) is 7.05 Å². The van der Waals surface area contributed by atoms with Crippen LogP contribution < -0.4 is 4.74 Å². The summed E-state index contributed by atoms with van der Waals surface area (Å²) in [5.41, 5.74) is -0.0322. The summed E-state index contributed by atoms with van der Waals surface area (Å²) in [7, 11) is 1.68. The van der Waals surface area contributed by atoms with E-state index in [0.717, 1.165) is 0 Å². The van der Waals surface area contributed by atoms with Crippen LogP contribution >= 0.6 is 0 Å². The fourth-order valence-corrected chi connectivity index (χ4v) is 1.42. The number of hydrogen-bond acceptors (Lipinski definition) is 3. The molecule has 1 heterocycles. The molecule has 0 aliphatic heterocycles. The summed E-state index contributed by atoms with van der Waals surface area (Å²) < 4.78 is 19.6. The number of rotatable bonds is 4. The first kappa shape index (κ1) is 12.1. The zero-order valence-electron chi connectivity index (χ0n) is 9.63. The SMILES string of the molecule is Cn1cc(C(=O)O)nc1COc1ccc(F)cc1. The Morgan fingerprint density at radius 2 is 2.11 bits per heavy atom. The number of halogens is 1. The number of aryl methyl sites for hydroxylation is 1. The van der Waals surface area contributed by atoms with Gasteiger partial charge in [-0.2, -0.15) is 0 Å². The van der Waals surface area contributed by atoms with Crippen LogP contribution in [0.25, 0.3) is 0 Å². The molecule has 1 N–H and O–H groups in total. The van der Waals surface area contributed by atoms with Gasteiger partial charge in [0.2, 0.25) is 0 Å². The highest BCUT2D eigenvalue weighted by atomic mass is 19.1. The van der Waals surface area contributed by atoms with Crippen LogP contribution in [0.2, 0.25) is 0 Å². The minimum Gasteiger partial charge on any atom is -0.486 e. The van der Waals surface area contributed by atoms with Gasteiger partial charge in [0.05, 0.1) is 0 Å². The first-order valence-electron chi connectivity index (χ1n) is 5.20. The Bertz CT molecular complexity index is 563. The summed E-state index contributed by atoms with van der Waals surface area (Å²) in [6.45, 7) is 0.120. The molecule has 1 aromatic heterocycles. The predicted molar refractivity (Wildman–Crippen MR) is 60.9 cm³/mol. The molecule has 0 atom stereocenters. The Balaban J connectivity index is 2.06. The number of imidazole rings is 1. The molecule has 0 spiro atoms. The molecule has 94 valence electrons. The van der Waals surface area contributed by atoms with Crippen LogP contribution in [0.5, 0.6) is 5.75 Å². The van der Waals surface area contributed by atoms with Crippen molar-refractivity contribution in [2.45, 2.75) is 6.61 Å². The molecule has 0 radical (unpaired) electrons. The Morgan fingerprint density at radius 3 is 2.67 bits per heavy atom. The van der Waals surface area contributed by atoms with E-state index >= 15 is 0 Å². The Labute approximate surface area is 102 Å². The van der Waals surface area contributed by atoms with E-state index < -0.39 is 5.97 Å². The average molecular weight is 250 g/mol. The van der Waals surface area contributed by atoms with Gasteiger partial charge >= 0.3 is 5.97 Å². The summed E-state index contributed by atoms with van der Waals surface area (Å²) in [6.07, 6.45) is 1.41. The van der Waals surface area contributed by atoms with Crippen LogP contribution in [0.3, 0.4) is 0 Å². The Morgan fingerprint density at radius 1 is 1.44 bits per heavy atom. The van der Waals surface area contributed by atoms with Gasteiger partial charge in [-0.3, -0.25) is 0 Å². The van der Waals surface area contributed by atoms with E-state index in [0.29, 0.717) is 11.6 Å². The van der Waals surface area contributed by atoms with E-state index in [1.807, 2.05) is 0 Å². The number of ether oxygens (including phenoxy) is 1. The summed E-state index contributed by atoms with van der Waals surface area (Å²) in [5.74, 6) is -0.445. The molecule has 0 fully saturated rings. The van der Waals surface area contributed by atoms with Crippen molar-refractivity contribution in [2.75, 3.05) is 0 Å². The standard InChI is InChI=1S/C12H11FN2O3/c1-15-6-10(12(16)17)14-11(15)7-18-9-4-2-8(13)3-5-9/h2-6H,7H2,1H3,(H,16,17). The van der Waals surface area contributed by atoms with Crippen molar-refractivity contribution in [3.8, 4) is 5.75 Å². The second kappa shape index (κ2) is 4.87. The third-order valence-corrected chi connectivity index (χ3v) is 2.37. The zero-order chi connectivity index (χ0) is 13.1. The van der Waals surface area contributed by atoms with E-state index in [2.05, 4.69) is 4.98 Å². The van der Waals surface area contributed by atoms with Crippen molar-refractivity contribution in [3.63, 3.8) is 0 Å². The number of aromatic carboxylic acids is 1. The number of carboxylic acid groups (broad SMARTS) is 1. The van der Waals surface area contributed by atoms with Crippen LogP contribution in [0, 0.1) is 5.82 Å². The molecular formula is C12H11FN2O3. The van der Waals surface area contributed by atoms with E-state index in [1.165, 1.54) is 30.5 Å². The number of benzene rings is 1. The van der Waals surface area contributed by atoms with Gasteiger partial charge in [-0.05, 0) is 24.3 Å². The van der Waals surface area contributed by atoms with Crippen LogP contribution in [-0.2, 0) is 13.7 Å². The third kappa shape index (κ3) is 2.65. The van der Waals surface area contributed by atoms with E-state index in [9.17, 15) is 9.18 Å². The molecule has 0 amide bonds. The molecule has 0 saturated carbocycles. The van der Waals surface area contributed by atoms with Gasteiger partial charge in [0.15, 0.2) is 5.69 Å². The number of hydrogen-bond donors (Lipinski definition) is 1. The lowest BCUT2D eigenvalue weighted by Gasteiger charge is -2.05. The van der Waals surface area contributed by atoms with Crippen LogP contribution in [-0.4, -0.2) is 20.6 Å². The highest BCUT2D eigenvalue weighted by Crippen LogP contribution is 2.13. The van der Waals surface area contributed by atoms with E-state index in [-0.39, 0.29) is 18.1 Å². The van der Waals surface area contributed by atoms with Gasteiger partial charge in [0.1, 0.15) is 24.0 Å². The van der Waals surface area contributed by atoms with Gasteiger partial charge in [-0.1, -0.05) is 0 Å². The van der Waals surface area contributed by atoms with Crippen LogP contribution in [0.15, 0.2) is 30.5 Å². The van der Waals surface area contributed by atoms with Crippen LogP contribution in [0.1, 0.15) is 16.3 Å². The Hall–Kier alpha value is -2.37. The fourth-order valence-electron chi connectivity index (χ4n) is 1.42. The molecule has 6 heteroatoms. The maximum atomic E-state index is 12.7. The third-order valence-electron chi connectivity index (χ3n) is 2.37. The first-order chi connectivity index (χ1) is 8.56. The summed E-state index contributed by atoms with van der Waals surface area (Å²) >= 11 is 0. The zero-order valence-corrected chi connectivity index (χ0v) is 9.63. The number of carboxylic acids is 1. The molecule has 0 saturated heterocycles. The first-order valence-corrected chi connectivity index (χ1v) is 5.20. The van der Waals surface area contributed by atoms with Crippen molar-refractivity contribution < 1.29 is 19.0 Å². The second-order valence-electron chi connectivity index (χ2n) is 3.70. The summed E-state index contributed by atoms with van der Waals surface area (Å²) in [6, 6.07) is 5.57. The molecular weight excluding hydrogens is 239 g/mol. The highest BCUT2D eigenvalue weighted by Gasteiger charge is 2.11. The topological polar surface area (TPSA) is 64.4 Å². The molecule has 0 unspecified atom stereocenters. The Kier molecular flexibility index (Phi) is 3.27. The maximum Gasteiger partial charge on any atom is 0.356 e. The monoisotopic (exact) mass is 250 g/mol. The van der Waals surface area contributed by atoms with E-state index in [1.54, 1.807) is 11.6 Å². The quantitative estimate of drug-likeness (QED) is 0.899. The van der Waals surface area contributed by atoms with Crippen molar-refractivity contribution in [1.82, 2.24) is 9.55 Å². The van der Waals surface area contributed by atoms with Crippen molar-refractivity contribution in [1.29, 1.82) is 0 Å². The van der Waals surface area contributed by atoms with Crippen LogP contribution in [0.4, 0.5) is 4.39 Å².